The molecule has 16 heavy (non-hydrogen) atoms. The molecule has 0 aliphatic carbocycles. The van der Waals surface area contributed by atoms with Crippen molar-refractivity contribution in [2.75, 3.05) is 37.6 Å². The van der Waals surface area contributed by atoms with Crippen LogP contribution in [0.5, 0.6) is 0 Å². The van der Waals surface area contributed by atoms with Crippen LogP contribution in [0.2, 0.25) is 0 Å². The van der Waals surface area contributed by atoms with Crippen LogP contribution in [0.25, 0.3) is 0 Å². The highest BCUT2D eigenvalue weighted by molar-refractivity contribution is 5.56. The summed E-state index contributed by atoms with van der Waals surface area (Å²) in [4.78, 5) is 10.3. The number of hydrogen-bond acceptors (Lipinski definition) is 6. The lowest BCUT2D eigenvalue weighted by Gasteiger charge is -2.20. The van der Waals surface area contributed by atoms with Gasteiger partial charge >= 0.3 is 0 Å². The van der Waals surface area contributed by atoms with Crippen LogP contribution in [-0.4, -0.2) is 37.3 Å². The van der Waals surface area contributed by atoms with Crippen LogP contribution in [0.4, 0.5) is 11.6 Å². The molecule has 0 fully saturated rings. The summed E-state index contributed by atoms with van der Waals surface area (Å²) in [6, 6.07) is 0. The minimum Gasteiger partial charge on any atom is -0.385 e. The number of hydrazine groups is 1. The highest BCUT2D eigenvalue weighted by Gasteiger charge is 2.09. The van der Waals surface area contributed by atoms with Gasteiger partial charge in [0, 0.05) is 32.9 Å². The molecule has 0 radical (unpaired) electrons. The Morgan fingerprint density at radius 3 is 2.88 bits per heavy atom. The molecule has 6 heteroatoms. The summed E-state index contributed by atoms with van der Waals surface area (Å²) >= 11 is 0. The van der Waals surface area contributed by atoms with Gasteiger partial charge in [-0.3, -0.25) is 0 Å². The Morgan fingerprint density at radius 2 is 2.25 bits per heavy atom. The van der Waals surface area contributed by atoms with Crippen LogP contribution >= 0.6 is 0 Å². The maximum absolute atomic E-state index is 5.36. The Kier molecular flexibility index (Phi) is 4.94. The summed E-state index contributed by atoms with van der Waals surface area (Å²) in [5, 5.41) is 0. The van der Waals surface area contributed by atoms with E-state index in [2.05, 4.69) is 20.3 Å². The topological polar surface area (TPSA) is 76.3 Å². The monoisotopic (exact) mass is 225 g/mol. The van der Waals surface area contributed by atoms with E-state index in [0.29, 0.717) is 5.82 Å². The average Bonchev–Trinajstić information content (AvgIpc) is 2.29. The third kappa shape index (κ3) is 3.04. The number of nitrogens with one attached hydrogen (secondary N) is 1. The van der Waals surface area contributed by atoms with Crippen LogP contribution in [0.3, 0.4) is 0 Å². The first-order chi connectivity index (χ1) is 7.70. The van der Waals surface area contributed by atoms with Gasteiger partial charge in [0.1, 0.15) is 18.0 Å². The molecule has 0 amide bonds. The standard InChI is InChI=1S/C10H19N5O/c1-8-9(14-11)12-7-13-10(8)15(2)5-4-6-16-3/h7H,4-6,11H2,1-3H3,(H,12,13,14). The van der Waals surface area contributed by atoms with Crippen LogP contribution < -0.4 is 16.2 Å². The molecule has 3 N–H and O–H groups in total. The highest BCUT2D eigenvalue weighted by atomic mass is 16.5. The predicted octanol–water partition coefficient (Wildman–Crippen LogP) is 0.543. The minimum atomic E-state index is 0.656. The van der Waals surface area contributed by atoms with Crippen molar-refractivity contribution in [2.45, 2.75) is 13.3 Å². The normalized spacial score (nSPS) is 10.2. The molecule has 0 saturated carbocycles. The van der Waals surface area contributed by atoms with Crippen LogP contribution in [0.1, 0.15) is 12.0 Å². The van der Waals surface area contributed by atoms with E-state index in [1.807, 2.05) is 14.0 Å². The minimum absolute atomic E-state index is 0.656. The number of anilines is 2. The fourth-order valence-electron chi connectivity index (χ4n) is 1.52. The maximum Gasteiger partial charge on any atom is 0.148 e. The quantitative estimate of drug-likeness (QED) is 0.418. The molecule has 6 nitrogen and oxygen atoms in total. The number of hydrogen-bond donors (Lipinski definition) is 2. The van der Waals surface area contributed by atoms with Gasteiger partial charge in [-0.15, -0.1) is 0 Å². The van der Waals surface area contributed by atoms with E-state index in [1.165, 1.54) is 6.33 Å². The predicted molar refractivity (Wildman–Crippen MR) is 64.3 cm³/mol. The smallest absolute Gasteiger partial charge is 0.148 e. The van der Waals surface area contributed by atoms with Crippen molar-refractivity contribution >= 4 is 11.6 Å². The molecule has 1 heterocycles. The first-order valence-electron chi connectivity index (χ1n) is 5.19. The zero-order chi connectivity index (χ0) is 12.0. The third-order valence-corrected chi connectivity index (χ3v) is 2.40. The van der Waals surface area contributed by atoms with Crippen LogP contribution in [0.15, 0.2) is 6.33 Å². The molecule has 0 unspecified atom stereocenters. The molecule has 1 rings (SSSR count). The zero-order valence-electron chi connectivity index (χ0n) is 10.0. The van der Waals surface area contributed by atoms with Gasteiger partial charge in [0.15, 0.2) is 0 Å². The van der Waals surface area contributed by atoms with E-state index in [-0.39, 0.29) is 0 Å². The van der Waals surface area contributed by atoms with Crippen molar-refractivity contribution < 1.29 is 4.74 Å². The lowest BCUT2D eigenvalue weighted by Crippen LogP contribution is -2.23. The number of aromatic nitrogens is 2. The second-order valence-corrected chi connectivity index (χ2v) is 3.58. The summed E-state index contributed by atoms with van der Waals surface area (Å²) in [5.74, 6) is 6.91. The Hall–Kier alpha value is -1.40. The van der Waals surface area contributed by atoms with Gasteiger partial charge in [0.25, 0.3) is 0 Å². The zero-order valence-corrected chi connectivity index (χ0v) is 10.0. The Balaban J connectivity index is 2.71. The summed E-state index contributed by atoms with van der Waals surface area (Å²) in [6.45, 7) is 3.57. The third-order valence-electron chi connectivity index (χ3n) is 2.40. The van der Waals surface area contributed by atoms with Crippen molar-refractivity contribution in [2.24, 2.45) is 5.84 Å². The van der Waals surface area contributed by atoms with Gasteiger partial charge in [0.2, 0.25) is 0 Å². The largest absolute Gasteiger partial charge is 0.385 e. The number of nitrogen functional groups attached to an aromatic ring is 1. The Morgan fingerprint density at radius 1 is 1.50 bits per heavy atom. The molecule has 0 aromatic carbocycles. The number of methoxy groups -OCH3 is 1. The number of rotatable bonds is 6. The fraction of sp³-hybridized carbons (Fsp3) is 0.600. The summed E-state index contributed by atoms with van der Waals surface area (Å²) in [7, 11) is 3.69. The molecule has 1 aromatic rings. The molecule has 0 bridgehead atoms. The molecular weight excluding hydrogens is 206 g/mol. The molecule has 0 spiro atoms. The summed E-state index contributed by atoms with van der Waals surface area (Å²) in [6.07, 6.45) is 2.46. The van der Waals surface area contributed by atoms with Crippen molar-refractivity contribution in [3.8, 4) is 0 Å². The fourth-order valence-corrected chi connectivity index (χ4v) is 1.52. The number of ether oxygens (including phenoxy) is 1. The van der Waals surface area contributed by atoms with E-state index in [9.17, 15) is 0 Å². The molecular formula is C10H19N5O. The molecule has 1 aromatic heterocycles. The first kappa shape index (κ1) is 12.7. The van der Waals surface area contributed by atoms with Gasteiger partial charge in [-0.1, -0.05) is 0 Å². The number of nitrogens with two attached hydrogens (primary N) is 1. The van der Waals surface area contributed by atoms with Crippen molar-refractivity contribution in [1.29, 1.82) is 0 Å². The van der Waals surface area contributed by atoms with Gasteiger partial charge < -0.3 is 15.1 Å². The van der Waals surface area contributed by atoms with Crippen LogP contribution in [-0.2, 0) is 4.74 Å². The Labute approximate surface area is 95.8 Å². The summed E-state index contributed by atoms with van der Waals surface area (Å²) in [5.41, 5.74) is 3.50. The van der Waals surface area contributed by atoms with E-state index < -0.39 is 0 Å². The lowest BCUT2D eigenvalue weighted by atomic mass is 10.3. The molecule has 0 aliphatic rings. The van der Waals surface area contributed by atoms with Crippen LogP contribution in [0, 0.1) is 6.92 Å². The number of nitrogens with zero attached hydrogens (tertiary/aromatic N) is 3. The van der Waals surface area contributed by atoms with E-state index >= 15 is 0 Å². The first-order valence-corrected chi connectivity index (χ1v) is 5.19. The SMILES string of the molecule is COCCCN(C)c1ncnc(NN)c1C. The molecule has 90 valence electrons. The van der Waals surface area contributed by atoms with Gasteiger partial charge in [-0.2, -0.15) is 0 Å². The van der Waals surface area contributed by atoms with Crippen molar-refractivity contribution in [1.82, 2.24) is 9.97 Å². The van der Waals surface area contributed by atoms with E-state index in [1.54, 1.807) is 7.11 Å². The maximum atomic E-state index is 5.36. The van der Waals surface area contributed by atoms with Crippen molar-refractivity contribution in [3.05, 3.63) is 11.9 Å². The average molecular weight is 225 g/mol. The lowest BCUT2D eigenvalue weighted by molar-refractivity contribution is 0.196. The Bertz CT molecular complexity index is 331. The second-order valence-electron chi connectivity index (χ2n) is 3.58. The van der Waals surface area contributed by atoms with Gasteiger partial charge in [-0.05, 0) is 13.3 Å². The second kappa shape index (κ2) is 6.24. The molecule has 0 saturated heterocycles. The van der Waals surface area contributed by atoms with Crippen molar-refractivity contribution in [3.63, 3.8) is 0 Å². The molecule has 0 aliphatic heterocycles. The van der Waals surface area contributed by atoms with E-state index in [4.69, 9.17) is 10.6 Å². The van der Waals surface area contributed by atoms with Gasteiger partial charge in [-0.25, -0.2) is 15.8 Å². The summed E-state index contributed by atoms with van der Waals surface area (Å²) < 4.78 is 5.01. The molecule has 0 atom stereocenters. The van der Waals surface area contributed by atoms with Gasteiger partial charge in [0.05, 0.1) is 0 Å². The van der Waals surface area contributed by atoms with E-state index in [0.717, 1.165) is 31.0 Å². The highest BCUT2D eigenvalue weighted by Crippen LogP contribution is 2.20.